The van der Waals surface area contributed by atoms with Crippen LogP contribution in [0.3, 0.4) is 0 Å². The summed E-state index contributed by atoms with van der Waals surface area (Å²) >= 11 is 4.06. The monoisotopic (exact) mass is 225 g/mol. The molecule has 2 rings (SSSR count). The maximum absolute atomic E-state index is 2.45. The molecule has 0 N–H and O–H groups in total. The third kappa shape index (κ3) is 2.61. The number of aryl methyl sites for hydroxylation is 1. The Morgan fingerprint density at radius 1 is 1.00 bits per heavy atom. The zero-order chi connectivity index (χ0) is 9.80. The smallest absolute Gasteiger partial charge is 0.0648 e. The first-order chi connectivity index (χ1) is 6.86. The molecule has 0 amide bonds. The van der Waals surface area contributed by atoms with Gasteiger partial charge in [-0.25, -0.2) is 0 Å². The van der Waals surface area contributed by atoms with Gasteiger partial charge in [-0.1, -0.05) is 17.7 Å². The van der Waals surface area contributed by atoms with Crippen LogP contribution in [0.4, 0.5) is 5.69 Å². The molecule has 1 aromatic rings. The Hall–Kier alpha value is -0.280. The van der Waals surface area contributed by atoms with Gasteiger partial charge >= 0.3 is 0 Å². The highest BCUT2D eigenvalue weighted by Crippen LogP contribution is 2.23. The third-order valence-electron chi connectivity index (χ3n) is 2.27. The van der Waals surface area contributed by atoms with E-state index < -0.39 is 0 Å². The first-order valence-electron chi connectivity index (χ1n) is 4.83. The van der Waals surface area contributed by atoms with Crippen LogP contribution in [-0.2, 0) is 0 Å². The van der Waals surface area contributed by atoms with Crippen LogP contribution in [0.25, 0.3) is 0 Å². The van der Waals surface area contributed by atoms with E-state index in [1.807, 2.05) is 23.5 Å². The maximum atomic E-state index is 2.45. The van der Waals surface area contributed by atoms with Gasteiger partial charge in [-0.15, -0.1) is 23.5 Å². The van der Waals surface area contributed by atoms with E-state index in [2.05, 4.69) is 36.1 Å². The first-order valence-corrected chi connectivity index (χ1v) is 7.14. The molecule has 0 saturated carbocycles. The van der Waals surface area contributed by atoms with Crippen molar-refractivity contribution >= 4 is 29.2 Å². The van der Waals surface area contributed by atoms with Crippen molar-refractivity contribution in [3.05, 3.63) is 29.8 Å². The van der Waals surface area contributed by atoms with Crippen molar-refractivity contribution in [1.29, 1.82) is 0 Å². The summed E-state index contributed by atoms with van der Waals surface area (Å²) in [6, 6.07) is 8.83. The number of thioether (sulfide) groups is 2. The van der Waals surface area contributed by atoms with E-state index in [1.165, 1.54) is 22.8 Å². The normalized spacial score (nSPS) is 17.9. The molecule has 0 bridgehead atoms. The van der Waals surface area contributed by atoms with Gasteiger partial charge in [0.05, 0.1) is 11.8 Å². The molecule has 1 aliphatic rings. The van der Waals surface area contributed by atoms with Gasteiger partial charge in [-0.2, -0.15) is 0 Å². The molecule has 1 saturated heterocycles. The average Bonchev–Trinajstić information content (AvgIpc) is 2.47. The lowest BCUT2D eigenvalue weighted by molar-refractivity contribution is 1.07. The molecule has 3 heteroatoms. The first kappa shape index (κ1) is 10.2. The average molecular weight is 225 g/mol. The summed E-state index contributed by atoms with van der Waals surface area (Å²) in [6.45, 7) is 2.13. The van der Waals surface area contributed by atoms with Crippen LogP contribution in [0.15, 0.2) is 24.3 Å². The fourth-order valence-corrected chi connectivity index (χ4v) is 3.65. The second-order valence-electron chi connectivity index (χ2n) is 3.45. The summed E-state index contributed by atoms with van der Waals surface area (Å²) in [4.78, 5) is 2.45. The minimum Gasteiger partial charge on any atom is -0.353 e. The van der Waals surface area contributed by atoms with Crippen LogP contribution in [0.1, 0.15) is 5.56 Å². The largest absolute Gasteiger partial charge is 0.353 e. The van der Waals surface area contributed by atoms with Crippen LogP contribution >= 0.6 is 23.5 Å². The Morgan fingerprint density at radius 2 is 1.57 bits per heavy atom. The Labute approximate surface area is 94.3 Å². The molecular formula is C11H15NS2. The number of hydrogen-bond acceptors (Lipinski definition) is 3. The van der Waals surface area contributed by atoms with E-state index in [4.69, 9.17) is 0 Å². The molecule has 1 nitrogen and oxygen atoms in total. The van der Waals surface area contributed by atoms with E-state index in [0.29, 0.717) is 0 Å². The lowest BCUT2D eigenvalue weighted by Crippen LogP contribution is -2.20. The predicted molar refractivity (Wildman–Crippen MR) is 68.3 cm³/mol. The highest BCUT2D eigenvalue weighted by molar-refractivity contribution is 8.03. The quantitative estimate of drug-likeness (QED) is 0.722. The molecule has 14 heavy (non-hydrogen) atoms. The number of benzene rings is 1. The molecule has 0 unspecified atom stereocenters. The molecule has 0 aromatic heterocycles. The molecule has 0 radical (unpaired) electrons. The Balaban J connectivity index is 2.08. The van der Waals surface area contributed by atoms with Gasteiger partial charge in [0.2, 0.25) is 0 Å². The van der Waals surface area contributed by atoms with Crippen LogP contribution in [-0.4, -0.2) is 23.3 Å². The minimum absolute atomic E-state index is 1.13. The van der Waals surface area contributed by atoms with Crippen molar-refractivity contribution in [3.63, 3.8) is 0 Å². The molecule has 0 atom stereocenters. The number of anilines is 1. The van der Waals surface area contributed by atoms with Gasteiger partial charge in [0.1, 0.15) is 0 Å². The molecule has 1 fully saturated rings. The van der Waals surface area contributed by atoms with Gasteiger partial charge in [0.15, 0.2) is 0 Å². The standard InChI is InChI=1S/C11H15NS2/c1-10-2-4-11(5-3-10)12-8-13-6-7-14-9-12/h2-5H,6-9H2,1H3. The fourth-order valence-electron chi connectivity index (χ4n) is 1.41. The third-order valence-corrected chi connectivity index (χ3v) is 4.50. The summed E-state index contributed by atoms with van der Waals surface area (Å²) in [6.07, 6.45) is 0. The van der Waals surface area contributed by atoms with Crippen LogP contribution in [0.5, 0.6) is 0 Å². The molecule has 0 spiro atoms. The van der Waals surface area contributed by atoms with Gasteiger partial charge in [0, 0.05) is 17.2 Å². The van der Waals surface area contributed by atoms with Crippen LogP contribution in [0, 0.1) is 6.92 Å². The van der Waals surface area contributed by atoms with E-state index in [9.17, 15) is 0 Å². The van der Waals surface area contributed by atoms with Gasteiger partial charge in [-0.05, 0) is 19.1 Å². The molecule has 1 aliphatic heterocycles. The van der Waals surface area contributed by atoms with Crippen molar-refractivity contribution < 1.29 is 0 Å². The predicted octanol–water partition coefficient (Wildman–Crippen LogP) is 3.20. The number of nitrogens with zero attached hydrogens (tertiary/aromatic N) is 1. The lowest BCUT2D eigenvalue weighted by atomic mass is 10.2. The Bertz CT molecular complexity index is 276. The summed E-state index contributed by atoms with van der Waals surface area (Å²) in [5.41, 5.74) is 2.70. The van der Waals surface area contributed by atoms with Crippen molar-refractivity contribution in [1.82, 2.24) is 0 Å². The second kappa shape index (κ2) is 4.99. The van der Waals surface area contributed by atoms with E-state index in [-0.39, 0.29) is 0 Å². The molecular weight excluding hydrogens is 210 g/mol. The Morgan fingerprint density at radius 3 is 2.14 bits per heavy atom. The van der Waals surface area contributed by atoms with E-state index in [1.54, 1.807) is 0 Å². The van der Waals surface area contributed by atoms with E-state index in [0.717, 1.165) is 11.8 Å². The number of hydrogen-bond donors (Lipinski definition) is 0. The number of rotatable bonds is 1. The molecule has 1 aromatic carbocycles. The highest BCUT2D eigenvalue weighted by Gasteiger charge is 2.09. The zero-order valence-electron chi connectivity index (χ0n) is 8.40. The lowest BCUT2D eigenvalue weighted by Gasteiger charge is -2.21. The maximum Gasteiger partial charge on any atom is 0.0648 e. The van der Waals surface area contributed by atoms with Crippen LogP contribution < -0.4 is 4.90 Å². The molecule has 0 aliphatic carbocycles. The van der Waals surface area contributed by atoms with E-state index >= 15 is 0 Å². The van der Waals surface area contributed by atoms with Gasteiger partial charge < -0.3 is 4.90 Å². The SMILES string of the molecule is Cc1ccc(N2CSCCSC2)cc1. The van der Waals surface area contributed by atoms with Crippen molar-refractivity contribution in [2.75, 3.05) is 28.2 Å². The highest BCUT2D eigenvalue weighted by atomic mass is 32.2. The van der Waals surface area contributed by atoms with Gasteiger partial charge in [0.25, 0.3) is 0 Å². The van der Waals surface area contributed by atoms with Crippen molar-refractivity contribution in [2.24, 2.45) is 0 Å². The van der Waals surface area contributed by atoms with Crippen LogP contribution in [0.2, 0.25) is 0 Å². The molecule has 1 heterocycles. The summed E-state index contributed by atoms with van der Waals surface area (Å²) in [5.74, 6) is 4.84. The second-order valence-corrected chi connectivity index (χ2v) is 5.60. The minimum atomic E-state index is 1.13. The van der Waals surface area contributed by atoms with Gasteiger partial charge in [-0.3, -0.25) is 0 Å². The topological polar surface area (TPSA) is 3.24 Å². The fraction of sp³-hybridized carbons (Fsp3) is 0.455. The summed E-state index contributed by atoms with van der Waals surface area (Å²) in [7, 11) is 0. The summed E-state index contributed by atoms with van der Waals surface area (Å²) < 4.78 is 0. The molecule has 76 valence electrons. The zero-order valence-corrected chi connectivity index (χ0v) is 10.0. The summed E-state index contributed by atoms with van der Waals surface area (Å²) in [5, 5.41) is 0. The van der Waals surface area contributed by atoms with Crippen molar-refractivity contribution in [3.8, 4) is 0 Å². The Kier molecular flexibility index (Phi) is 3.65. The van der Waals surface area contributed by atoms with Crippen molar-refractivity contribution in [2.45, 2.75) is 6.92 Å².